The van der Waals surface area contributed by atoms with Crippen molar-refractivity contribution in [3.05, 3.63) is 35.2 Å². The second kappa shape index (κ2) is 10.4. The molecule has 0 aromatic carbocycles. The number of nitrogens with zero attached hydrogens (tertiary/aromatic N) is 2. The molecule has 2 aromatic rings. The van der Waals surface area contributed by atoms with Crippen LogP contribution in [0.4, 0.5) is 13.2 Å². The van der Waals surface area contributed by atoms with Crippen LogP contribution in [0.5, 0.6) is 5.88 Å². The van der Waals surface area contributed by atoms with Crippen molar-refractivity contribution in [3.63, 3.8) is 0 Å². The molecule has 3 heterocycles. The Morgan fingerprint density at radius 2 is 1.86 bits per heavy atom. The van der Waals surface area contributed by atoms with Crippen molar-refractivity contribution in [1.82, 2.24) is 14.9 Å². The number of halogens is 3. The van der Waals surface area contributed by atoms with Gasteiger partial charge in [-0.05, 0) is 43.2 Å². The van der Waals surface area contributed by atoms with Crippen molar-refractivity contribution in [3.8, 4) is 17.1 Å². The van der Waals surface area contributed by atoms with E-state index in [1.54, 1.807) is 6.07 Å². The van der Waals surface area contributed by atoms with Gasteiger partial charge in [-0.2, -0.15) is 13.2 Å². The molecule has 2 aromatic heterocycles. The van der Waals surface area contributed by atoms with E-state index in [1.807, 2.05) is 32.3 Å². The van der Waals surface area contributed by atoms with Crippen LogP contribution in [-0.2, 0) is 17.5 Å². The summed E-state index contributed by atoms with van der Waals surface area (Å²) < 4.78 is 54.7. The molecule has 0 unspecified atom stereocenters. The maximum Gasteiger partial charge on any atom is 0.421 e. The fourth-order valence-electron chi connectivity index (χ4n) is 4.75. The van der Waals surface area contributed by atoms with Crippen LogP contribution in [0.2, 0.25) is 0 Å². The minimum Gasteiger partial charge on any atom is -0.477 e. The van der Waals surface area contributed by atoms with Crippen molar-refractivity contribution in [2.24, 2.45) is 11.3 Å². The Morgan fingerprint density at radius 1 is 1.17 bits per heavy atom. The van der Waals surface area contributed by atoms with Crippen molar-refractivity contribution in [2.45, 2.75) is 78.6 Å². The molecule has 4 rings (SSSR count). The summed E-state index contributed by atoms with van der Waals surface area (Å²) in [5.41, 5.74) is 0.862. The number of alkyl halides is 3. The standard InChI is InChI=1S/C27H36F3N3O3/c1-17-21(24(34)32-20-14-35-15-20)11-23(33(17)13-18-8-6-5-7-9-18)19-10-22(27(28,29)30)25(31-12-19)36-16-26(2,3)4/h10-12,18,20H,5-9,13-16H2,1-4H3,(H,32,34). The van der Waals surface area contributed by atoms with Gasteiger partial charge in [0.2, 0.25) is 5.88 Å². The van der Waals surface area contributed by atoms with Gasteiger partial charge in [0.25, 0.3) is 5.91 Å². The molecule has 36 heavy (non-hydrogen) atoms. The highest BCUT2D eigenvalue weighted by atomic mass is 19.4. The van der Waals surface area contributed by atoms with E-state index in [9.17, 15) is 18.0 Å². The highest BCUT2D eigenvalue weighted by molar-refractivity contribution is 5.97. The van der Waals surface area contributed by atoms with Gasteiger partial charge in [0.15, 0.2) is 0 Å². The Labute approximate surface area is 210 Å². The molecular formula is C27H36F3N3O3. The van der Waals surface area contributed by atoms with Gasteiger partial charge in [-0.15, -0.1) is 0 Å². The summed E-state index contributed by atoms with van der Waals surface area (Å²) in [6.07, 6.45) is 2.44. The first kappa shape index (κ1) is 26.5. The molecule has 0 spiro atoms. The lowest BCUT2D eigenvalue weighted by atomic mass is 9.89. The molecule has 1 amide bonds. The fourth-order valence-corrected chi connectivity index (χ4v) is 4.75. The SMILES string of the molecule is Cc1c(C(=O)NC2COC2)cc(-c2cnc(OCC(C)(C)C)c(C(F)(F)F)c2)n1CC1CCCCC1. The summed E-state index contributed by atoms with van der Waals surface area (Å²) in [6, 6.07) is 2.75. The average Bonchev–Trinajstić information content (AvgIpc) is 3.10. The van der Waals surface area contributed by atoms with Gasteiger partial charge >= 0.3 is 6.18 Å². The molecular weight excluding hydrogens is 471 g/mol. The largest absolute Gasteiger partial charge is 0.477 e. The van der Waals surface area contributed by atoms with Gasteiger partial charge < -0.3 is 19.4 Å². The molecule has 0 atom stereocenters. The normalized spacial score (nSPS) is 17.6. The van der Waals surface area contributed by atoms with E-state index in [-0.39, 0.29) is 24.0 Å². The van der Waals surface area contributed by atoms with Crippen molar-refractivity contribution >= 4 is 5.91 Å². The minimum atomic E-state index is -4.63. The Kier molecular flexibility index (Phi) is 7.69. The summed E-state index contributed by atoms with van der Waals surface area (Å²) in [7, 11) is 0. The lowest BCUT2D eigenvalue weighted by Crippen LogP contribution is -2.48. The minimum absolute atomic E-state index is 0.0419. The monoisotopic (exact) mass is 507 g/mol. The Balaban J connectivity index is 1.73. The van der Waals surface area contributed by atoms with Crippen LogP contribution in [0.15, 0.2) is 18.3 Å². The van der Waals surface area contributed by atoms with Crippen molar-refractivity contribution < 1.29 is 27.4 Å². The maximum atomic E-state index is 14.0. The summed E-state index contributed by atoms with van der Waals surface area (Å²) in [4.78, 5) is 17.1. The number of carbonyl (C=O) groups is 1. The maximum absolute atomic E-state index is 14.0. The molecule has 0 radical (unpaired) electrons. The molecule has 1 saturated heterocycles. The van der Waals surface area contributed by atoms with Gasteiger partial charge in [0, 0.05) is 24.0 Å². The van der Waals surface area contributed by atoms with Crippen LogP contribution < -0.4 is 10.1 Å². The highest BCUT2D eigenvalue weighted by Crippen LogP contribution is 2.39. The fraction of sp³-hybridized carbons (Fsp3) is 0.630. The second-order valence-corrected chi connectivity index (χ2v) is 11.3. The van der Waals surface area contributed by atoms with E-state index in [0.29, 0.717) is 42.5 Å². The van der Waals surface area contributed by atoms with Crippen molar-refractivity contribution in [1.29, 1.82) is 0 Å². The predicted molar refractivity (Wildman–Crippen MR) is 131 cm³/mol. The summed E-state index contributed by atoms with van der Waals surface area (Å²) in [5, 5.41) is 2.95. The number of aromatic nitrogens is 2. The zero-order chi connectivity index (χ0) is 26.1. The van der Waals surface area contributed by atoms with Crippen molar-refractivity contribution in [2.75, 3.05) is 19.8 Å². The average molecular weight is 508 g/mol. The first-order valence-electron chi connectivity index (χ1n) is 12.7. The molecule has 1 aliphatic heterocycles. The number of nitrogens with one attached hydrogen (secondary N) is 1. The van der Waals surface area contributed by atoms with E-state index >= 15 is 0 Å². The number of hydrogen-bond acceptors (Lipinski definition) is 4. The van der Waals surface area contributed by atoms with Crippen LogP contribution in [0, 0.1) is 18.3 Å². The van der Waals surface area contributed by atoms with Crippen LogP contribution >= 0.6 is 0 Å². The lowest BCUT2D eigenvalue weighted by molar-refractivity contribution is -0.139. The molecule has 2 aliphatic rings. The third kappa shape index (κ3) is 6.22. The zero-order valence-electron chi connectivity index (χ0n) is 21.5. The molecule has 0 bridgehead atoms. The van der Waals surface area contributed by atoms with Crippen LogP contribution in [-0.4, -0.2) is 41.3 Å². The van der Waals surface area contributed by atoms with Gasteiger partial charge in [-0.3, -0.25) is 4.79 Å². The number of rotatable bonds is 7. The number of amides is 1. The third-order valence-electron chi connectivity index (χ3n) is 6.84. The van der Waals surface area contributed by atoms with Crippen LogP contribution in [0.25, 0.3) is 11.3 Å². The highest BCUT2D eigenvalue weighted by Gasteiger charge is 2.37. The summed E-state index contributed by atoms with van der Waals surface area (Å²) in [6.45, 7) is 9.22. The van der Waals surface area contributed by atoms with E-state index in [1.165, 1.54) is 12.6 Å². The van der Waals surface area contributed by atoms with Crippen LogP contribution in [0.1, 0.15) is 74.5 Å². The molecule has 1 N–H and O–H groups in total. The van der Waals surface area contributed by atoms with Gasteiger partial charge in [-0.25, -0.2) is 4.98 Å². The molecule has 9 heteroatoms. The second-order valence-electron chi connectivity index (χ2n) is 11.3. The molecule has 1 saturated carbocycles. The first-order valence-corrected chi connectivity index (χ1v) is 12.7. The summed E-state index contributed by atoms with van der Waals surface area (Å²) in [5.74, 6) is -0.242. The molecule has 198 valence electrons. The van der Waals surface area contributed by atoms with Gasteiger partial charge in [-0.1, -0.05) is 40.0 Å². The zero-order valence-corrected chi connectivity index (χ0v) is 21.5. The molecule has 6 nitrogen and oxygen atoms in total. The Morgan fingerprint density at radius 3 is 2.44 bits per heavy atom. The van der Waals surface area contributed by atoms with E-state index < -0.39 is 17.6 Å². The summed E-state index contributed by atoms with van der Waals surface area (Å²) >= 11 is 0. The number of carbonyl (C=O) groups excluding carboxylic acids is 1. The topological polar surface area (TPSA) is 65.4 Å². The molecule has 1 aliphatic carbocycles. The van der Waals surface area contributed by atoms with Gasteiger partial charge in [0.05, 0.1) is 37.1 Å². The van der Waals surface area contributed by atoms with Gasteiger partial charge in [0.1, 0.15) is 5.56 Å². The van der Waals surface area contributed by atoms with E-state index in [4.69, 9.17) is 9.47 Å². The van der Waals surface area contributed by atoms with E-state index in [0.717, 1.165) is 37.4 Å². The molecule has 2 fully saturated rings. The first-order chi connectivity index (χ1) is 16.9. The Hall–Kier alpha value is -2.55. The smallest absolute Gasteiger partial charge is 0.421 e. The number of pyridine rings is 1. The third-order valence-corrected chi connectivity index (χ3v) is 6.84. The Bertz CT molecular complexity index is 1080. The quantitative estimate of drug-likeness (QED) is 0.498. The predicted octanol–water partition coefficient (Wildman–Crippen LogP) is 6.01. The number of ether oxygens (including phenoxy) is 2. The van der Waals surface area contributed by atoms with Crippen LogP contribution in [0.3, 0.4) is 0 Å². The number of hydrogen-bond donors (Lipinski definition) is 1. The lowest BCUT2D eigenvalue weighted by Gasteiger charge is -2.27. The van der Waals surface area contributed by atoms with E-state index in [2.05, 4.69) is 10.3 Å².